The Balaban J connectivity index is 1.41. The van der Waals surface area contributed by atoms with Crippen LogP contribution in [0.2, 0.25) is 0 Å². The minimum atomic E-state index is -6.15. The first-order valence-corrected chi connectivity index (χ1v) is 17.2. The molecule has 2 heterocycles. The van der Waals surface area contributed by atoms with Gasteiger partial charge in [0.15, 0.2) is 23.2 Å². The summed E-state index contributed by atoms with van der Waals surface area (Å²) < 4.78 is 79.2. The Labute approximate surface area is 287 Å². The number of hydrogen-bond donors (Lipinski definition) is 0. The van der Waals surface area contributed by atoms with Gasteiger partial charge in [0.25, 0.3) is 0 Å². The van der Waals surface area contributed by atoms with Crippen LogP contribution in [0.5, 0.6) is 5.75 Å². The maximum absolute atomic E-state index is 14.1. The second-order valence-corrected chi connectivity index (χ2v) is 13.4. The molecule has 0 aliphatic rings. The molecule has 0 unspecified atom stereocenters. The Morgan fingerprint density at radius 2 is 1.02 bits per heavy atom. The zero-order chi connectivity index (χ0) is 34.9. The van der Waals surface area contributed by atoms with Gasteiger partial charge in [-0.15, -0.1) is 0 Å². The number of nitrogens with zero attached hydrogens (tertiary/aromatic N) is 3. The summed E-state index contributed by atoms with van der Waals surface area (Å²) in [6, 6.07) is 39.7. The molecular weight excluding hydrogens is 676 g/mol. The molecule has 9 aromatic rings. The number of furan rings is 1. The van der Waals surface area contributed by atoms with E-state index in [9.17, 15) is 21.6 Å². The zero-order valence-corrected chi connectivity index (χ0v) is 27.0. The first-order valence-electron chi connectivity index (χ1n) is 15.8. The third kappa shape index (κ3) is 4.96. The van der Waals surface area contributed by atoms with Crippen molar-refractivity contribution >= 4 is 64.4 Å². The van der Waals surface area contributed by atoms with Crippen LogP contribution in [0.3, 0.4) is 0 Å². The molecule has 0 N–H and O–H groups in total. The number of rotatable bonds is 5. The third-order valence-electron chi connectivity index (χ3n) is 8.89. The fourth-order valence-electron chi connectivity index (χ4n) is 6.68. The standard InChI is InChI=1S/C40H22F3N3O4S/c41-40(42,43)51(47,48)50-36-31(22-21-28-26-15-5-4-13-24(26)25-14-6-7-16-27(25)35(28)36)39-45-37(23-11-2-1-3-12-23)44-38(46-39)30-18-10-20-33-34(30)29-17-8-9-19-32(29)49-33/h1-22H. The van der Waals surface area contributed by atoms with Gasteiger partial charge in [-0.1, -0.05) is 115 Å². The summed E-state index contributed by atoms with van der Waals surface area (Å²) in [6.07, 6.45) is 0. The first kappa shape index (κ1) is 30.7. The molecule has 0 bridgehead atoms. The van der Waals surface area contributed by atoms with Crippen molar-refractivity contribution in [2.75, 3.05) is 0 Å². The Morgan fingerprint density at radius 3 is 1.71 bits per heavy atom. The van der Waals surface area contributed by atoms with Gasteiger partial charge < -0.3 is 8.60 Å². The van der Waals surface area contributed by atoms with E-state index < -0.39 is 21.4 Å². The van der Waals surface area contributed by atoms with Crippen molar-refractivity contribution in [2.45, 2.75) is 5.51 Å². The van der Waals surface area contributed by atoms with Crippen molar-refractivity contribution in [3.05, 3.63) is 133 Å². The van der Waals surface area contributed by atoms with Crippen LogP contribution < -0.4 is 4.18 Å². The minimum Gasteiger partial charge on any atom is -0.456 e. The number of alkyl halides is 3. The van der Waals surface area contributed by atoms with E-state index in [1.165, 1.54) is 6.07 Å². The highest BCUT2D eigenvalue weighted by Gasteiger charge is 2.49. The van der Waals surface area contributed by atoms with E-state index in [-0.39, 0.29) is 28.4 Å². The zero-order valence-electron chi connectivity index (χ0n) is 26.2. The van der Waals surface area contributed by atoms with E-state index in [1.807, 2.05) is 78.9 Å². The molecule has 11 heteroatoms. The molecule has 51 heavy (non-hydrogen) atoms. The molecule has 0 amide bonds. The lowest BCUT2D eigenvalue weighted by molar-refractivity contribution is -0.0499. The summed E-state index contributed by atoms with van der Waals surface area (Å²) in [6.45, 7) is 0. The molecule has 0 fully saturated rings. The minimum absolute atomic E-state index is 0.0687. The summed E-state index contributed by atoms with van der Waals surface area (Å²) in [5, 5.41) is 4.94. The van der Waals surface area contributed by atoms with Gasteiger partial charge in [0.05, 0.1) is 5.56 Å². The SMILES string of the molecule is O=S(=O)(Oc1c(-c2nc(-c3ccccc3)nc(-c3cccc4oc5ccccc5c34)n2)ccc2c3ccccc3c3ccccc3c12)C(F)(F)F. The Hall–Kier alpha value is -6.33. The van der Waals surface area contributed by atoms with Crippen molar-refractivity contribution in [1.29, 1.82) is 0 Å². The maximum Gasteiger partial charge on any atom is 0.534 e. The number of para-hydroxylation sites is 1. The van der Waals surface area contributed by atoms with Crippen molar-refractivity contribution in [3.63, 3.8) is 0 Å². The molecule has 2 aromatic heterocycles. The lowest BCUT2D eigenvalue weighted by Gasteiger charge is -2.18. The van der Waals surface area contributed by atoms with Crippen molar-refractivity contribution < 1.29 is 30.2 Å². The fraction of sp³-hybridized carbons (Fsp3) is 0.0250. The number of aromatic nitrogens is 3. The van der Waals surface area contributed by atoms with Gasteiger partial charge in [-0.2, -0.15) is 21.6 Å². The number of halogens is 3. The summed E-state index contributed by atoms with van der Waals surface area (Å²) in [5.41, 5.74) is -3.35. The molecule has 0 saturated heterocycles. The van der Waals surface area contributed by atoms with Crippen LogP contribution in [0.15, 0.2) is 138 Å². The average Bonchev–Trinajstić information content (AvgIpc) is 3.53. The first-order chi connectivity index (χ1) is 24.7. The second-order valence-electron chi connectivity index (χ2n) is 11.9. The molecule has 0 atom stereocenters. The lowest BCUT2D eigenvalue weighted by Crippen LogP contribution is -2.28. The van der Waals surface area contributed by atoms with Crippen LogP contribution in [0.4, 0.5) is 13.2 Å². The molecule has 248 valence electrons. The highest BCUT2D eigenvalue weighted by atomic mass is 32.2. The molecule has 7 nitrogen and oxygen atoms in total. The molecule has 7 aromatic carbocycles. The molecule has 9 rings (SSSR count). The Morgan fingerprint density at radius 1 is 0.490 bits per heavy atom. The monoisotopic (exact) mass is 697 g/mol. The van der Waals surface area contributed by atoms with E-state index in [4.69, 9.17) is 23.6 Å². The summed E-state index contributed by atoms with van der Waals surface area (Å²) in [4.78, 5) is 14.4. The van der Waals surface area contributed by atoms with Gasteiger partial charge in [0, 0.05) is 27.3 Å². The second kappa shape index (κ2) is 11.4. The van der Waals surface area contributed by atoms with Gasteiger partial charge in [-0.3, -0.25) is 0 Å². The van der Waals surface area contributed by atoms with E-state index >= 15 is 0 Å². The smallest absolute Gasteiger partial charge is 0.456 e. The van der Waals surface area contributed by atoms with Crippen molar-refractivity contribution in [1.82, 2.24) is 15.0 Å². The predicted octanol–water partition coefficient (Wildman–Crippen LogP) is 10.5. The number of benzene rings is 7. The van der Waals surface area contributed by atoms with E-state index in [0.29, 0.717) is 43.8 Å². The van der Waals surface area contributed by atoms with Crippen LogP contribution >= 0.6 is 0 Å². The van der Waals surface area contributed by atoms with E-state index in [1.54, 1.807) is 48.5 Å². The van der Waals surface area contributed by atoms with Crippen LogP contribution in [-0.4, -0.2) is 28.9 Å². The molecule has 0 spiro atoms. The molecular formula is C40H22F3N3O4S. The van der Waals surface area contributed by atoms with Gasteiger partial charge in [0.2, 0.25) is 0 Å². The lowest BCUT2D eigenvalue weighted by atomic mass is 9.92. The number of fused-ring (bicyclic) bond motifs is 9. The topological polar surface area (TPSA) is 95.2 Å². The van der Waals surface area contributed by atoms with Gasteiger partial charge in [0.1, 0.15) is 11.2 Å². The largest absolute Gasteiger partial charge is 0.534 e. The van der Waals surface area contributed by atoms with E-state index in [2.05, 4.69) is 0 Å². The highest BCUT2D eigenvalue weighted by molar-refractivity contribution is 7.88. The number of hydrogen-bond acceptors (Lipinski definition) is 7. The Bertz CT molecular complexity index is 2930. The van der Waals surface area contributed by atoms with Crippen molar-refractivity contribution in [3.8, 4) is 39.9 Å². The average molecular weight is 698 g/mol. The van der Waals surface area contributed by atoms with Crippen LogP contribution in [-0.2, 0) is 10.1 Å². The third-order valence-corrected chi connectivity index (χ3v) is 9.84. The summed E-state index contributed by atoms with van der Waals surface area (Å²) in [7, 11) is -6.15. The fourth-order valence-corrected chi connectivity index (χ4v) is 7.16. The maximum atomic E-state index is 14.1. The van der Waals surface area contributed by atoms with Gasteiger partial charge >= 0.3 is 15.6 Å². The Kier molecular flexibility index (Phi) is 6.84. The van der Waals surface area contributed by atoms with E-state index in [0.717, 1.165) is 16.2 Å². The van der Waals surface area contributed by atoms with Crippen LogP contribution in [0.1, 0.15) is 0 Å². The van der Waals surface area contributed by atoms with Gasteiger partial charge in [-0.25, -0.2) is 15.0 Å². The summed E-state index contributed by atoms with van der Waals surface area (Å²) >= 11 is 0. The molecule has 0 radical (unpaired) electrons. The predicted molar refractivity (Wildman–Crippen MR) is 192 cm³/mol. The molecule has 0 aliphatic heterocycles. The normalized spacial score (nSPS) is 12.4. The quantitative estimate of drug-likeness (QED) is 0.100. The van der Waals surface area contributed by atoms with Gasteiger partial charge in [-0.05, 0) is 45.1 Å². The highest BCUT2D eigenvalue weighted by Crippen LogP contribution is 2.46. The molecule has 0 saturated carbocycles. The molecule has 0 aliphatic carbocycles. The van der Waals surface area contributed by atoms with Crippen molar-refractivity contribution in [2.24, 2.45) is 0 Å². The van der Waals surface area contributed by atoms with Crippen LogP contribution in [0, 0.1) is 0 Å². The summed E-state index contributed by atoms with van der Waals surface area (Å²) in [5.74, 6) is -0.220. The van der Waals surface area contributed by atoms with Crippen LogP contribution in [0.25, 0.3) is 88.4 Å².